The van der Waals surface area contributed by atoms with Crippen LogP contribution in [-0.4, -0.2) is 18.0 Å². The van der Waals surface area contributed by atoms with Crippen LogP contribution in [0, 0.1) is 5.92 Å². The Morgan fingerprint density at radius 2 is 1.54 bits per heavy atom. The highest BCUT2D eigenvalue weighted by atomic mass is 19.4. The van der Waals surface area contributed by atoms with Gasteiger partial charge in [0, 0.05) is 12.3 Å². The van der Waals surface area contributed by atoms with Gasteiger partial charge in [-0.15, -0.1) is 5.11 Å². The second kappa shape index (κ2) is 9.88. The number of alkyl halides is 6. The fourth-order valence-electron chi connectivity index (χ4n) is 4.70. The van der Waals surface area contributed by atoms with Crippen molar-refractivity contribution < 1.29 is 35.9 Å². The minimum Gasteiger partial charge on any atom is -0.373 e. The summed E-state index contributed by atoms with van der Waals surface area (Å²) >= 11 is 0. The molecule has 2 aromatic rings. The summed E-state index contributed by atoms with van der Waals surface area (Å²) < 4.78 is 85.4. The Bertz CT molecular complexity index is 1100. The predicted molar refractivity (Wildman–Crippen MR) is 114 cm³/mol. The molecular formula is C24H21F6N3O2. The van der Waals surface area contributed by atoms with Crippen molar-refractivity contribution in [3.05, 3.63) is 70.8 Å². The molecule has 0 N–H and O–H groups in total. The van der Waals surface area contributed by atoms with Gasteiger partial charge in [0.1, 0.15) is 0 Å². The fraction of sp³-hybridized carbons (Fsp3) is 0.417. The quantitative estimate of drug-likeness (QED) is 0.387. The van der Waals surface area contributed by atoms with Crippen molar-refractivity contribution in [3.8, 4) is 0 Å². The molecule has 0 unspecified atom stereocenters. The van der Waals surface area contributed by atoms with Crippen molar-refractivity contribution in [2.45, 2.75) is 56.7 Å². The number of urea groups is 1. The number of rotatable bonds is 6. The lowest BCUT2D eigenvalue weighted by molar-refractivity contribution is -0.143. The van der Waals surface area contributed by atoms with Crippen LogP contribution in [0.25, 0.3) is 0 Å². The van der Waals surface area contributed by atoms with Crippen molar-refractivity contribution in [1.29, 1.82) is 0 Å². The smallest absolute Gasteiger partial charge is 0.373 e. The molecule has 2 aromatic carbocycles. The number of benzene rings is 2. The first-order chi connectivity index (χ1) is 16.5. The predicted octanol–water partition coefficient (Wildman–Crippen LogP) is 7.57. The first kappa shape index (κ1) is 25.0. The van der Waals surface area contributed by atoms with E-state index in [4.69, 9.17) is 4.74 Å². The third-order valence-electron chi connectivity index (χ3n) is 6.19. The van der Waals surface area contributed by atoms with E-state index < -0.39 is 42.2 Å². The molecule has 35 heavy (non-hydrogen) atoms. The van der Waals surface area contributed by atoms with Crippen LogP contribution < -0.4 is 0 Å². The maximum absolute atomic E-state index is 13.2. The molecule has 0 saturated heterocycles. The lowest BCUT2D eigenvalue weighted by Gasteiger charge is -2.38. The zero-order valence-corrected chi connectivity index (χ0v) is 18.3. The first-order valence-corrected chi connectivity index (χ1v) is 11.0. The van der Waals surface area contributed by atoms with Gasteiger partial charge in [-0.1, -0.05) is 41.9 Å². The highest BCUT2D eigenvalue weighted by Crippen LogP contribution is 2.43. The molecule has 0 aromatic heterocycles. The molecule has 1 aliphatic carbocycles. The molecule has 1 fully saturated rings. The fourth-order valence-corrected chi connectivity index (χ4v) is 4.70. The lowest BCUT2D eigenvalue weighted by Crippen LogP contribution is -2.33. The van der Waals surface area contributed by atoms with E-state index in [-0.39, 0.29) is 23.5 Å². The number of aliphatic imine (C=N–C) groups is 1. The van der Waals surface area contributed by atoms with Gasteiger partial charge in [0.2, 0.25) is 0 Å². The molecule has 0 bridgehead atoms. The number of amides is 2. The molecule has 0 spiro atoms. The molecule has 5 nitrogen and oxygen atoms in total. The number of halogens is 6. The average molecular weight is 497 g/mol. The SMILES string of the molecule is O=C1N=NC(C[C@H]2CCC[C@H](OCc3cc(C(F)(F)F)cc(C(F)(F)F)c3)[C@@H]2c2ccccc2)=N1. The van der Waals surface area contributed by atoms with E-state index in [0.29, 0.717) is 30.8 Å². The second-order valence-corrected chi connectivity index (χ2v) is 8.61. The molecule has 1 heterocycles. The van der Waals surface area contributed by atoms with E-state index in [1.807, 2.05) is 30.3 Å². The van der Waals surface area contributed by atoms with Gasteiger partial charge in [-0.25, -0.2) is 4.79 Å². The van der Waals surface area contributed by atoms with E-state index in [1.165, 1.54) is 0 Å². The Kier molecular flexibility index (Phi) is 7.07. The van der Waals surface area contributed by atoms with Gasteiger partial charge in [-0.3, -0.25) is 0 Å². The molecule has 1 saturated carbocycles. The number of nitrogens with zero attached hydrogens (tertiary/aromatic N) is 3. The van der Waals surface area contributed by atoms with Crippen molar-refractivity contribution in [1.82, 2.24) is 0 Å². The highest BCUT2D eigenvalue weighted by molar-refractivity contribution is 5.98. The molecule has 3 atom stereocenters. The van der Waals surface area contributed by atoms with E-state index >= 15 is 0 Å². The maximum Gasteiger partial charge on any atom is 0.416 e. The average Bonchev–Trinajstić information content (AvgIpc) is 3.21. The van der Waals surface area contributed by atoms with Crippen molar-refractivity contribution in [2.75, 3.05) is 0 Å². The van der Waals surface area contributed by atoms with Crippen LogP contribution in [-0.2, 0) is 23.7 Å². The van der Waals surface area contributed by atoms with E-state index in [2.05, 4.69) is 15.2 Å². The number of hydrogen-bond acceptors (Lipinski definition) is 3. The topological polar surface area (TPSA) is 63.4 Å². The monoisotopic (exact) mass is 497 g/mol. The largest absolute Gasteiger partial charge is 0.416 e. The summed E-state index contributed by atoms with van der Waals surface area (Å²) in [5.41, 5.74) is -2.03. The van der Waals surface area contributed by atoms with Gasteiger partial charge in [-0.2, -0.15) is 31.3 Å². The van der Waals surface area contributed by atoms with Crippen LogP contribution in [0.3, 0.4) is 0 Å². The number of amidine groups is 1. The van der Waals surface area contributed by atoms with Crippen LogP contribution in [0.4, 0.5) is 31.1 Å². The third-order valence-corrected chi connectivity index (χ3v) is 6.19. The van der Waals surface area contributed by atoms with Crippen molar-refractivity contribution >= 4 is 11.9 Å². The minimum atomic E-state index is -4.92. The summed E-state index contributed by atoms with van der Waals surface area (Å²) in [7, 11) is 0. The standard InChI is InChI=1S/C24H21F6N3O2/c25-23(26,27)17-9-14(10-18(12-17)24(28,29)30)13-35-19-8-4-7-16(11-20-31-22(34)33-32-20)21(19)15-5-2-1-3-6-15/h1-3,5-6,9-10,12,16,19,21H,4,7-8,11,13H2/t16-,19+,21-/m1/s1. The Balaban J connectivity index is 1.59. The number of carbonyl (C=O) groups excluding carboxylic acids is 1. The third kappa shape index (κ3) is 6.14. The second-order valence-electron chi connectivity index (χ2n) is 8.61. The van der Waals surface area contributed by atoms with Gasteiger partial charge in [0.05, 0.1) is 23.8 Å². The number of carbonyl (C=O) groups is 1. The molecule has 186 valence electrons. The summed E-state index contributed by atoms with van der Waals surface area (Å²) in [5, 5.41) is 7.19. The highest BCUT2D eigenvalue weighted by Gasteiger charge is 2.38. The van der Waals surface area contributed by atoms with Crippen molar-refractivity contribution in [2.24, 2.45) is 21.1 Å². The summed E-state index contributed by atoms with van der Waals surface area (Å²) in [6.07, 6.45) is -7.88. The molecule has 4 rings (SSSR count). The van der Waals surface area contributed by atoms with Crippen LogP contribution in [0.5, 0.6) is 0 Å². The minimum absolute atomic E-state index is 0.0491. The summed E-state index contributed by atoms with van der Waals surface area (Å²) in [4.78, 5) is 15.1. The lowest BCUT2D eigenvalue weighted by atomic mass is 9.72. The zero-order chi connectivity index (χ0) is 25.2. The molecule has 1 aliphatic heterocycles. The van der Waals surface area contributed by atoms with Crippen molar-refractivity contribution in [3.63, 3.8) is 0 Å². The summed E-state index contributed by atoms with van der Waals surface area (Å²) in [5.74, 6) is 0.0349. The molecule has 0 radical (unpaired) electrons. The molecule has 11 heteroatoms. The van der Waals surface area contributed by atoms with Crippen LogP contribution >= 0.6 is 0 Å². The number of hydrogen-bond donors (Lipinski definition) is 0. The van der Waals surface area contributed by atoms with Crippen LogP contribution in [0.1, 0.15) is 53.9 Å². The normalized spacial score (nSPS) is 23.0. The Labute approximate surface area is 196 Å². The molecular weight excluding hydrogens is 476 g/mol. The van der Waals surface area contributed by atoms with Gasteiger partial charge in [0.25, 0.3) is 0 Å². The number of ether oxygens (including phenoxy) is 1. The van der Waals surface area contributed by atoms with Gasteiger partial charge in [-0.05, 0) is 48.1 Å². The van der Waals surface area contributed by atoms with Gasteiger partial charge in [0.15, 0.2) is 5.84 Å². The van der Waals surface area contributed by atoms with E-state index in [9.17, 15) is 31.1 Å². The molecule has 2 aliphatic rings. The van der Waals surface area contributed by atoms with E-state index in [1.54, 1.807) is 0 Å². The van der Waals surface area contributed by atoms with E-state index in [0.717, 1.165) is 18.4 Å². The van der Waals surface area contributed by atoms with Gasteiger partial charge < -0.3 is 4.74 Å². The maximum atomic E-state index is 13.2. The first-order valence-electron chi connectivity index (χ1n) is 11.0. The summed E-state index contributed by atoms with van der Waals surface area (Å²) in [6, 6.07) is 10.1. The van der Waals surface area contributed by atoms with Crippen LogP contribution in [0.2, 0.25) is 0 Å². The van der Waals surface area contributed by atoms with Gasteiger partial charge >= 0.3 is 18.4 Å². The number of azo groups is 1. The zero-order valence-electron chi connectivity index (χ0n) is 18.3. The Hall–Kier alpha value is -3.08. The Morgan fingerprint density at radius 3 is 2.11 bits per heavy atom. The summed E-state index contributed by atoms with van der Waals surface area (Å²) in [6.45, 7) is -0.410. The van der Waals surface area contributed by atoms with Crippen LogP contribution in [0.15, 0.2) is 63.8 Å². The Morgan fingerprint density at radius 1 is 0.886 bits per heavy atom. The molecule has 2 amide bonds.